The molecule has 0 aromatic heterocycles. The zero-order valence-corrected chi connectivity index (χ0v) is 24.4. The fourth-order valence-electron chi connectivity index (χ4n) is 4.95. The Morgan fingerprint density at radius 3 is 2.35 bits per heavy atom. The third-order valence-electron chi connectivity index (χ3n) is 7.25. The fraction of sp³-hybridized carbons (Fsp3) is 0.167. The molecule has 0 atom stereocenters. The summed E-state index contributed by atoms with van der Waals surface area (Å²) < 4.78 is 42.2. The highest BCUT2D eigenvalue weighted by Gasteiger charge is 2.26. The standard InChI is InChI=1S/C30H27ClFN5O5S/c31-22-7-5-20(6-8-22)25-4-2-1-3-21(25)19-35-13-15-36(16-14-35)23-9-11-26(27(32)17-23)30(38)34-43(41,42)24-10-12-28(33)29(18-24)37(39)40/h1-12,17-18H,13-16,19,33H2,(H-,34,38,39,40)/p+1. The number of nitrogens with two attached hydrogens (primary N) is 1. The number of amides is 1. The number of benzene rings is 4. The van der Waals surface area contributed by atoms with Gasteiger partial charge >= 0.3 is 5.69 Å². The monoisotopic (exact) mass is 624 g/mol. The minimum Gasteiger partial charge on any atom is -0.393 e. The number of halogens is 2. The summed E-state index contributed by atoms with van der Waals surface area (Å²) in [5, 5.41) is 9.80. The molecule has 1 heterocycles. The second-order valence-electron chi connectivity index (χ2n) is 10.0. The lowest BCUT2D eigenvalue weighted by molar-refractivity contribution is -0.729. The summed E-state index contributed by atoms with van der Waals surface area (Å²) in [6.07, 6.45) is 0. The molecule has 1 saturated heterocycles. The van der Waals surface area contributed by atoms with Crippen LogP contribution in [0.1, 0.15) is 15.9 Å². The van der Waals surface area contributed by atoms with E-state index >= 15 is 4.39 Å². The van der Waals surface area contributed by atoms with E-state index in [9.17, 15) is 18.1 Å². The van der Waals surface area contributed by atoms with Crippen LogP contribution < -0.4 is 15.4 Å². The quantitative estimate of drug-likeness (QED) is 0.185. The summed E-state index contributed by atoms with van der Waals surface area (Å²) >= 11 is 6.06. The number of nitrogens with one attached hydrogen (secondary N) is 1. The van der Waals surface area contributed by atoms with E-state index in [1.165, 1.54) is 17.7 Å². The molecule has 0 spiro atoms. The van der Waals surface area contributed by atoms with Gasteiger partial charge in [-0.15, -0.1) is 0 Å². The van der Waals surface area contributed by atoms with Gasteiger partial charge in [0.25, 0.3) is 20.9 Å². The first-order valence-corrected chi connectivity index (χ1v) is 15.1. The van der Waals surface area contributed by atoms with E-state index in [-0.39, 0.29) is 5.69 Å². The lowest BCUT2D eigenvalue weighted by atomic mass is 9.99. The van der Waals surface area contributed by atoms with Crippen LogP contribution in [0.25, 0.3) is 11.1 Å². The van der Waals surface area contributed by atoms with Gasteiger partial charge in [-0.3, -0.25) is 9.69 Å². The van der Waals surface area contributed by atoms with Crippen molar-refractivity contribution < 1.29 is 27.7 Å². The Morgan fingerprint density at radius 1 is 0.977 bits per heavy atom. The molecule has 1 amide bonds. The third kappa shape index (κ3) is 6.77. The molecule has 0 bridgehead atoms. The van der Waals surface area contributed by atoms with Crippen molar-refractivity contribution in [2.75, 3.05) is 36.8 Å². The second kappa shape index (κ2) is 12.4. The molecule has 0 aliphatic carbocycles. The van der Waals surface area contributed by atoms with Gasteiger partial charge in [-0.05, 0) is 59.2 Å². The van der Waals surface area contributed by atoms with Gasteiger partial charge in [0.15, 0.2) is 0 Å². The van der Waals surface area contributed by atoms with Crippen LogP contribution in [0, 0.1) is 10.7 Å². The number of anilines is 2. The lowest BCUT2D eigenvalue weighted by Gasteiger charge is -2.36. The Bertz CT molecular complexity index is 1800. The Kier molecular flexibility index (Phi) is 8.62. The van der Waals surface area contributed by atoms with E-state index in [0.29, 0.717) is 23.8 Å². The minimum absolute atomic E-state index is 0.173. The van der Waals surface area contributed by atoms with Gasteiger partial charge in [0.05, 0.1) is 15.4 Å². The molecule has 4 aromatic carbocycles. The Balaban J connectivity index is 1.22. The van der Waals surface area contributed by atoms with Crippen LogP contribution in [0.15, 0.2) is 89.8 Å². The molecule has 4 N–H and O–H groups in total. The predicted molar refractivity (Wildman–Crippen MR) is 161 cm³/mol. The first kappa shape index (κ1) is 30.0. The number of carbonyl (C=O) groups is 1. The highest BCUT2D eigenvalue weighted by Crippen LogP contribution is 2.28. The number of rotatable bonds is 8. The number of hydrogen-bond acceptors (Lipinski definition) is 7. The van der Waals surface area contributed by atoms with Crippen LogP contribution in [0.4, 0.5) is 21.5 Å². The maximum absolute atomic E-state index is 15.1. The summed E-state index contributed by atoms with van der Waals surface area (Å²) in [7, 11) is -4.50. The molecule has 0 radical (unpaired) electrons. The number of sulfonamides is 1. The van der Waals surface area contributed by atoms with Crippen molar-refractivity contribution in [2.45, 2.75) is 11.4 Å². The molecule has 0 unspecified atom stereocenters. The van der Waals surface area contributed by atoms with Crippen molar-refractivity contribution in [3.63, 3.8) is 0 Å². The van der Waals surface area contributed by atoms with Gasteiger partial charge in [-0.2, -0.15) is 0 Å². The Labute approximate surface area is 252 Å². The maximum Gasteiger partial charge on any atom is 0.340 e. The molecule has 1 aliphatic heterocycles. The third-order valence-corrected chi connectivity index (χ3v) is 8.83. The SMILES string of the molecule is Nc1ccc(S(=O)(=O)NC(=O)c2ccc(N3CCN(Cc4ccccc4-c4ccc(Cl)cc4)CC3)cc2F)cc1[N+](=O)O. The average Bonchev–Trinajstić information content (AvgIpc) is 2.98. The van der Waals surface area contributed by atoms with Crippen molar-refractivity contribution >= 4 is 44.6 Å². The van der Waals surface area contributed by atoms with Crippen LogP contribution in [-0.2, 0) is 16.6 Å². The van der Waals surface area contributed by atoms with Crippen LogP contribution >= 0.6 is 11.6 Å². The molecular formula is C30H28ClFN5O5S+. The number of nitrogens with zero attached hydrogens (tertiary/aromatic N) is 3. The van der Waals surface area contributed by atoms with E-state index in [0.717, 1.165) is 49.0 Å². The first-order chi connectivity index (χ1) is 20.5. The topological polar surface area (TPSA) is 136 Å². The number of piperazine rings is 1. The summed E-state index contributed by atoms with van der Waals surface area (Å²) in [6.45, 7) is 3.47. The largest absolute Gasteiger partial charge is 0.393 e. The number of carbonyl (C=O) groups excluding carboxylic acids is 1. The van der Waals surface area contributed by atoms with Gasteiger partial charge < -0.3 is 10.6 Å². The van der Waals surface area contributed by atoms with Gasteiger partial charge in [-0.25, -0.2) is 22.7 Å². The highest BCUT2D eigenvalue weighted by atomic mass is 35.5. The molecule has 1 aliphatic rings. The van der Waals surface area contributed by atoms with Gasteiger partial charge in [-0.1, -0.05) is 48.0 Å². The molecule has 13 heteroatoms. The highest BCUT2D eigenvalue weighted by molar-refractivity contribution is 7.90. The average molecular weight is 625 g/mol. The van der Waals surface area contributed by atoms with E-state index in [1.807, 2.05) is 41.3 Å². The Hall–Kier alpha value is -4.52. The van der Waals surface area contributed by atoms with Crippen molar-refractivity contribution in [1.29, 1.82) is 0 Å². The summed E-state index contributed by atoms with van der Waals surface area (Å²) in [6, 6.07) is 22.9. The van der Waals surface area contributed by atoms with Crippen molar-refractivity contribution in [3.8, 4) is 11.1 Å². The summed E-state index contributed by atoms with van der Waals surface area (Å²) in [5.74, 6) is -2.07. The number of hydrogen-bond donors (Lipinski definition) is 3. The number of nitrogen functional groups attached to an aromatic ring is 1. The van der Waals surface area contributed by atoms with Crippen molar-refractivity contribution in [1.82, 2.24) is 9.62 Å². The molecule has 10 nitrogen and oxygen atoms in total. The van der Waals surface area contributed by atoms with Gasteiger partial charge in [0.2, 0.25) is 0 Å². The smallest absolute Gasteiger partial charge is 0.340 e. The maximum atomic E-state index is 15.1. The molecule has 0 saturated carbocycles. The van der Waals surface area contributed by atoms with Crippen LogP contribution in [0.3, 0.4) is 0 Å². The molecule has 4 aromatic rings. The molecular weight excluding hydrogens is 597 g/mol. The van der Waals surface area contributed by atoms with Gasteiger partial charge in [0.1, 0.15) is 11.5 Å². The zero-order chi connectivity index (χ0) is 30.7. The van der Waals surface area contributed by atoms with Crippen molar-refractivity contribution in [2.24, 2.45) is 0 Å². The summed E-state index contributed by atoms with van der Waals surface area (Å²) in [5.41, 5.74) is 8.38. The summed E-state index contributed by atoms with van der Waals surface area (Å²) in [4.78, 5) is 27.1. The molecule has 222 valence electrons. The second-order valence-corrected chi connectivity index (χ2v) is 12.1. The predicted octanol–water partition coefficient (Wildman–Crippen LogP) is 4.97. The normalized spacial score (nSPS) is 14.0. The van der Waals surface area contributed by atoms with Crippen molar-refractivity contribution in [3.05, 3.63) is 112 Å². The lowest BCUT2D eigenvalue weighted by Crippen LogP contribution is -2.46. The van der Waals surface area contributed by atoms with Gasteiger partial charge in [0, 0.05) is 49.5 Å². The van der Waals surface area contributed by atoms with E-state index < -0.39 is 42.8 Å². The Morgan fingerprint density at radius 2 is 1.67 bits per heavy atom. The van der Waals surface area contributed by atoms with E-state index in [4.69, 9.17) is 22.5 Å². The van der Waals surface area contributed by atoms with Crippen LogP contribution in [-0.4, -0.2) is 55.5 Å². The van der Waals surface area contributed by atoms with Crippen LogP contribution in [0.5, 0.6) is 0 Å². The first-order valence-electron chi connectivity index (χ1n) is 13.3. The molecule has 43 heavy (non-hydrogen) atoms. The fourth-order valence-corrected chi connectivity index (χ4v) is 6.06. The zero-order valence-electron chi connectivity index (χ0n) is 22.8. The minimum atomic E-state index is -4.50. The van der Waals surface area contributed by atoms with Crippen LogP contribution in [0.2, 0.25) is 5.02 Å². The van der Waals surface area contributed by atoms with E-state index in [2.05, 4.69) is 17.0 Å². The molecule has 5 rings (SSSR count). The molecule has 1 fully saturated rings. The van der Waals surface area contributed by atoms with E-state index in [1.54, 1.807) is 10.8 Å².